The third-order valence-corrected chi connectivity index (χ3v) is 8.22. The second-order valence-electron chi connectivity index (χ2n) is 11.5. The van der Waals surface area contributed by atoms with Gasteiger partial charge in [0.25, 0.3) is 0 Å². The van der Waals surface area contributed by atoms with Crippen LogP contribution in [0.5, 0.6) is 11.8 Å². The average Bonchev–Trinajstić information content (AvgIpc) is 3.67. The highest BCUT2D eigenvalue weighted by Crippen LogP contribution is 2.41. The Hall–Kier alpha value is -5.88. The van der Waals surface area contributed by atoms with Gasteiger partial charge in [-0.05, 0) is 80.4 Å². The van der Waals surface area contributed by atoms with E-state index in [0.29, 0.717) is 11.8 Å². The molecule has 0 saturated carbocycles. The molecule has 8 bridgehead atoms. The third kappa shape index (κ3) is 4.77. The van der Waals surface area contributed by atoms with Gasteiger partial charge >= 0.3 is 6.01 Å². The van der Waals surface area contributed by atoms with Crippen LogP contribution in [0, 0.1) is 20.8 Å². The lowest BCUT2D eigenvalue weighted by Crippen LogP contribution is -2.16. The number of ether oxygens (including phenoxy) is 1. The topological polar surface area (TPSA) is 48.1 Å². The third-order valence-electron chi connectivity index (χ3n) is 8.22. The van der Waals surface area contributed by atoms with Gasteiger partial charge in [0.05, 0.1) is 22.8 Å². The van der Waals surface area contributed by atoms with Crippen molar-refractivity contribution in [3.63, 3.8) is 0 Å². The highest BCUT2D eigenvalue weighted by molar-refractivity contribution is 5.79. The molecule has 0 amide bonds. The zero-order valence-electron chi connectivity index (χ0n) is 25.3. The molecule has 0 aliphatic carbocycles. The van der Waals surface area contributed by atoms with Gasteiger partial charge < -0.3 is 4.74 Å². The first-order chi connectivity index (χ1) is 22.0. The van der Waals surface area contributed by atoms with Crippen molar-refractivity contribution in [2.75, 3.05) is 4.90 Å². The summed E-state index contributed by atoms with van der Waals surface area (Å²) in [6.45, 7) is 6.48. The minimum atomic E-state index is 0.493. The molecule has 6 heteroatoms. The molecule has 0 radical (unpaired) electrons. The second-order valence-corrected chi connectivity index (χ2v) is 11.5. The van der Waals surface area contributed by atoms with Crippen LogP contribution < -0.4 is 9.64 Å². The fourth-order valence-corrected chi connectivity index (χ4v) is 6.32. The van der Waals surface area contributed by atoms with E-state index in [-0.39, 0.29) is 0 Å². The molecule has 8 rings (SSSR count). The van der Waals surface area contributed by atoms with Gasteiger partial charge in [-0.1, -0.05) is 78.4 Å². The van der Waals surface area contributed by atoms with Crippen LogP contribution in [0.4, 0.5) is 17.3 Å². The highest BCUT2D eigenvalue weighted by Gasteiger charge is 2.24. The summed E-state index contributed by atoms with van der Waals surface area (Å²) in [6.07, 6.45) is 4.18. The highest BCUT2D eigenvalue weighted by atomic mass is 16.5. The molecule has 1 aliphatic rings. The Morgan fingerprint density at radius 2 is 1.13 bits per heavy atom. The Bertz CT molecular complexity index is 2160. The second kappa shape index (κ2) is 10.7. The molecule has 1 aliphatic heterocycles. The van der Waals surface area contributed by atoms with Crippen molar-refractivity contribution in [1.82, 2.24) is 19.1 Å². The van der Waals surface area contributed by atoms with E-state index in [1.807, 2.05) is 53.2 Å². The molecule has 0 N–H and O–H groups in total. The Labute approximate surface area is 262 Å². The summed E-state index contributed by atoms with van der Waals surface area (Å²) in [4.78, 5) is 12.6. The van der Waals surface area contributed by atoms with E-state index in [4.69, 9.17) is 14.7 Å². The lowest BCUT2D eigenvalue weighted by Gasteiger charge is -2.26. The van der Waals surface area contributed by atoms with Gasteiger partial charge in [0.2, 0.25) is 5.95 Å². The van der Waals surface area contributed by atoms with Crippen LogP contribution in [-0.4, -0.2) is 19.1 Å². The normalized spacial score (nSPS) is 12.0. The van der Waals surface area contributed by atoms with Crippen LogP contribution in [0.3, 0.4) is 0 Å². The number of hydrogen-bond donors (Lipinski definition) is 0. The van der Waals surface area contributed by atoms with Crippen LogP contribution in [0.2, 0.25) is 0 Å². The van der Waals surface area contributed by atoms with E-state index in [1.165, 1.54) is 16.7 Å². The van der Waals surface area contributed by atoms with Crippen molar-refractivity contribution in [3.8, 4) is 45.6 Å². The summed E-state index contributed by atoms with van der Waals surface area (Å²) in [7, 11) is 0. The van der Waals surface area contributed by atoms with E-state index in [9.17, 15) is 0 Å². The molecule has 0 fully saturated rings. The van der Waals surface area contributed by atoms with Crippen molar-refractivity contribution in [3.05, 3.63) is 150 Å². The Kier molecular flexibility index (Phi) is 6.34. The maximum absolute atomic E-state index is 6.51. The van der Waals surface area contributed by atoms with E-state index < -0.39 is 0 Å². The molecule has 7 aromatic rings. The van der Waals surface area contributed by atoms with Crippen LogP contribution in [0.1, 0.15) is 16.7 Å². The zero-order valence-corrected chi connectivity index (χ0v) is 25.3. The monoisotopic (exact) mass is 585 g/mol. The lowest BCUT2D eigenvalue weighted by molar-refractivity contribution is 0.435. The van der Waals surface area contributed by atoms with Crippen LogP contribution in [0.15, 0.2) is 134 Å². The van der Waals surface area contributed by atoms with Gasteiger partial charge in [-0.15, -0.1) is 0 Å². The molecule has 45 heavy (non-hydrogen) atoms. The van der Waals surface area contributed by atoms with Crippen molar-refractivity contribution in [1.29, 1.82) is 0 Å². The van der Waals surface area contributed by atoms with Crippen LogP contribution in [-0.2, 0) is 0 Å². The Morgan fingerprint density at radius 3 is 1.87 bits per heavy atom. The molecule has 0 unspecified atom stereocenters. The number of para-hydroxylation sites is 2. The van der Waals surface area contributed by atoms with E-state index in [0.717, 1.165) is 51.2 Å². The van der Waals surface area contributed by atoms with Gasteiger partial charge in [-0.2, -0.15) is 4.98 Å². The van der Waals surface area contributed by atoms with E-state index >= 15 is 0 Å². The summed E-state index contributed by atoms with van der Waals surface area (Å²) in [5.74, 6) is 1.48. The molecule has 2 aromatic heterocycles. The molecule has 0 spiro atoms. The molecule has 218 valence electrons. The van der Waals surface area contributed by atoms with Crippen molar-refractivity contribution >= 4 is 17.3 Å². The predicted molar refractivity (Wildman–Crippen MR) is 181 cm³/mol. The van der Waals surface area contributed by atoms with Crippen LogP contribution in [0.25, 0.3) is 33.9 Å². The maximum atomic E-state index is 6.51. The molecule has 0 saturated heterocycles. The lowest BCUT2D eigenvalue weighted by atomic mass is 10.0. The molecule has 3 heterocycles. The van der Waals surface area contributed by atoms with Gasteiger partial charge in [-0.3, -0.25) is 14.0 Å². The number of nitrogens with zero attached hydrogens (tertiary/aromatic N) is 5. The fourth-order valence-electron chi connectivity index (χ4n) is 6.32. The quantitative estimate of drug-likeness (QED) is 0.207. The van der Waals surface area contributed by atoms with Gasteiger partial charge in [-0.25, -0.2) is 4.98 Å². The molecular formula is C39H31N5O. The average molecular weight is 586 g/mol. The number of aryl methyl sites for hydroxylation is 3. The Morgan fingerprint density at radius 1 is 0.533 bits per heavy atom. The molecule has 5 aromatic carbocycles. The predicted octanol–water partition coefficient (Wildman–Crippen LogP) is 9.89. The van der Waals surface area contributed by atoms with Crippen molar-refractivity contribution < 1.29 is 4.74 Å². The zero-order chi connectivity index (χ0) is 30.5. The molecular weight excluding hydrogens is 554 g/mol. The Balaban J connectivity index is 1.43. The van der Waals surface area contributed by atoms with Gasteiger partial charge in [0.15, 0.2) is 0 Å². The summed E-state index contributed by atoms with van der Waals surface area (Å²) in [6, 6.07) is 42.1. The first kappa shape index (κ1) is 26.7. The largest absolute Gasteiger partial charge is 0.425 e. The number of hydrogen-bond acceptors (Lipinski definition) is 4. The SMILES string of the molecule is Cc1cc(C)c(-n2cc3nc2N(c2ccccc2)c2cccc(c2)-c2cn(-c4ccccc4)c(n2)Oc2cccc-3c2)c(C)c1. The summed E-state index contributed by atoms with van der Waals surface area (Å²) in [5, 5.41) is 0. The number of anilines is 3. The molecule has 6 nitrogen and oxygen atoms in total. The first-order valence-electron chi connectivity index (χ1n) is 15.1. The minimum absolute atomic E-state index is 0.493. The summed E-state index contributed by atoms with van der Waals surface area (Å²) in [5.41, 5.74) is 11.3. The standard InChI is InChI=1S/C39H31N5O/c1-26-20-27(2)37(28(3)21-26)43-25-35-30-13-11-19-34(23-30)45-39-41-36(24-42(39)31-14-6-4-7-15-31)29-12-10-18-33(22-29)44(38(43)40-35)32-16-8-5-9-17-32/h4-25H,1-3H3. The van der Waals surface area contributed by atoms with E-state index in [1.54, 1.807) is 0 Å². The van der Waals surface area contributed by atoms with Gasteiger partial charge in [0, 0.05) is 34.9 Å². The molecule has 0 atom stereocenters. The first-order valence-corrected chi connectivity index (χ1v) is 15.1. The smallest absolute Gasteiger partial charge is 0.307 e. The number of imidazole rings is 2. The number of benzene rings is 5. The number of fused-ring (bicyclic) bond motifs is 10. The number of aromatic nitrogens is 4. The maximum Gasteiger partial charge on any atom is 0.307 e. The minimum Gasteiger partial charge on any atom is -0.425 e. The van der Waals surface area contributed by atoms with Gasteiger partial charge in [0.1, 0.15) is 5.75 Å². The van der Waals surface area contributed by atoms with Crippen LogP contribution >= 0.6 is 0 Å². The van der Waals surface area contributed by atoms with E-state index in [2.05, 4.69) is 115 Å². The summed E-state index contributed by atoms with van der Waals surface area (Å²) < 4.78 is 10.7. The summed E-state index contributed by atoms with van der Waals surface area (Å²) >= 11 is 0. The van der Waals surface area contributed by atoms with Crippen molar-refractivity contribution in [2.24, 2.45) is 0 Å². The van der Waals surface area contributed by atoms with Crippen molar-refractivity contribution in [2.45, 2.75) is 20.8 Å². The fraction of sp³-hybridized carbons (Fsp3) is 0.0769. The number of rotatable bonds is 3.